The fourth-order valence-corrected chi connectivity index (χ4v) is 4.26. The molecule has 0 aromatic heterocycles. The Hall–Kier alpha value is -2.58. The number of benzene rings is 3. The molecular weight excluding hydrogens is 459 g/mol. The summed E-state index contributed by atoms with van der Waals surface area (Å²) in [6.45, 7) is -0.0174. The number of rotatable bonds is 8. The lowest BCUT2D eigenvalue weighted by Crippen LogP contribution is -2.26. The molecule has 0 aliphatic carbocycles. The third kappa shape index (κ3) is 5.98. The number of anilines is 1. The SMILES string of the molecule is CN(Cc1ccccc1)S(=O)(=O)c1ccc(OCC(=O)Nc2cccc(Cl)c2Cl)cc1. The largest absolute Gasteiger partial charge is 0.484 e. The molecule has 0 spiro atoms. The highest BCUT2D eigenvalue weighted by Gasteiger charge is 2.21. The number of sulfonamides is 1. The summed E-state index contributed by atoms with van der Waals surface area (Å²) >= 11 is 12.0. The smallest absolute Gasteiger partial charge is 0.262 e. The minimum atomic E-state index is -3.66. The summed E-state index contributed by atoms with van der Waals surface area (Å²) in [6.07, 6.45) is 0. The van der Waals surface area contributed by atoms with Crippen LogP contribution >= 0.6 is 23.2 Å². The maximum Gasteiger partial charge on any atom is 0.262 e. The Kier molecular flexibility index (Phi) is 7.56. The van der Waals surface area contributed by atoms with Gasteiger partial charge in [0.2, 0.25) is 10.0 Å². The van der Waals surface area contributed by atoms with Crippen molar-refractivity contribution in [3.05, 3.63) is 88.4 Å². The van der Waals surface area contributed by atoms with Crippen molar-refractivity contribution in [2.24, 2.45) is 0 Å². The average molecular weight is 479 g/mol. The minimum absolute atomic E-state index is 0.133. The van der Waals surface area contributed by atoms with Gasteiger partial charge in [-0.3, -0.25) is 4.79 Å². The molecule has 1 amide bonds. The molecule has 3 aromatic rings. The summed E-state index contributed by atoms with van der Waals surface area (Å²) in [6, 6.07) is 20.1. The first kappa shape index (κ1) is 23.1. The van der Waals surface area contributed by atoms with Gasteiger partial charge in [0.25, 0.3) is 5.91 Å². The Morgan fingerprint density at radius 1 is 0.968 bits per heavy atom. The molecule has 1 N–H and O–H groups in total. The molecule has 0 heterocycles. The molecule has 0 bridgehead atoms. The summed E-state index contributed by atoms with van der Waals surface area (Å²) in [7, 11) is -2.14. The number of nitrogens with zero attached hydrogens (tertiary/aromatic N) is 1. The van der Waals surface area contributed by atoms with Crippen LogP contribution in [0.5, 0.6) is 5.75 Å². The van der Waals surface area contributed by atoms with Crippen molar-refractivity contribution < 1.29 is 17.9 Å². The minimum Gasteiger partial charge on any atom is -0.484 e. The Morgan fingerprint density at radius 3 is 2.32 bits per heavy atom. The lowest BCUT2D eigenvalue weighted by atomic mass is 10.2. The maximum atomic E-state index is 12.8. The lowest BCUT2D eigenvalue weighted by Gasteiger charge is -2.17. The molecule has 9 heteroatoms. The monoisotopic (exact) mass is 478 g/mol. The molecule has 0 fully saturated rings. The van der Waals surface area contributed by atoms with Crippen LogP contribution in [0.3, 0.4) is 0 Å². The van der Waals surface area contributed by atoms with Gasteiger partial charge in [0, 0.05) is 13.6 Å². The van der Waals surface area contributed by atoms with Crippen molar-refractivity contribution >= 4 is 44.8 Å². The zero-order chi connectivity index (χ0) is 22.4. The number of amides is 1. The quantitative estimate of drug-likeness (QED) is 0.502. The van der Waals surface area contributed by atoms with Gasteiger partial charge in [-0.25, -0.2) is 8.42 Å². The molecule has 6 nitrogen and oxygen atoms in total. The first-order valence-electron chi connectivity index (χ1n) is 9.24. The van der Waals surface area contributed by atoms with E-state index in [1.165, 1.54) is 35.6 Å². The van der Waals surface area contributed by atoms with Crippen LogP contribution in [0.1, 0.15) is 5.56 Å². The average Bonchev–Trinajstić information content (AvgIpc) is 2.76. The van der Waals surface area contributed by atoms with Gasteiger partial charge in [-0.05, 0) is 42.0 Å². The predicted molar refractivity (Wildman–Crippen MR) is 122 cm³/mol. The van der Waals surface area contributed by atoms with Crippen LogP contribution < -0.4 is 10.1 Å². The van der Waals surface area contributed by atoms with Gasteiger partial charge in [-0.1, -0.05) is 59.6 Å². The molecule has 0 radical (unpaired) electrons. The van der Waals surface area contributed by atoms with Crippen molar-refractivity contribution in [2.75, 3.05) is 19.0 Å². The Labute approximate surface area is 191 Å². The van der Waals surface area contributed by atoms with E-state index in [0.29, 0.717) is 16.5 Å². The lowest BCUT2D eigenvalue weighted by molar-refractivity contribution is -0.118. The summed E-state index contributed by atoms with van der Waals surface area (Å²) in [5, 5.41) is 3.18. The second-order valence-electron chi connectivity index (χ2n) is 6.66. The molecule has 0 saturated carbocycles. The van der Waals surface area contributed by atoms with Gasteiger partial charge in [0.1, 0.15) is 5.75 Å². The number of carbonyl (C=O) groups is 1. The molecule has 31 heavy (non-hydrogen) atoms. The van der Waals surface area contributed by atoms with E-state index in [-0.39, 0.29) is 23.1 Å². The third-order valence-corrected chi connectivity index (χ3v) is 7.01. The normalized spacial score (nSPS) is 11.4. The molecule has 3 rings (SSSR count). The van der Waals surface area contributed by atoms with Crippen LogP contribution in [0.25, 0.3) is 0 Å². The molecule has 0 saturated heterocycles. The van der Waals surface area contributed by atoms with E-state index in [4.69, 9.17) is 27.9 Å². The highest BCUT2D eigenvalue weighted by Crippen LogP contribution is 2.29. The highest BCUT2D eigenvalue weighted by atomic mass is 35.5. The first-order chi connectivity index (χ1) is 14.8. The van der Waals surface area contributed by atoms with Gasteiger partial charge in [0.05, 0.1) is 20.6 Å². The van der Waals surface area contributed by atoms with Crippen LogP contribution in [0.15, 0.2) is 77.7 Å². The van der Waals surface area contributed by atoms with E-state index >= 15 is 0 Å². The maximum absolute atomic E-state index is 12.8. The van der Waals surface area contributed by atoms with Gasteiger partial charge < -0.3 is 10.1 Å². The predicted octanol–water partition coefficient (Wildman–Crippen LogP) is 4.83. The summed E-state index contributed by atoms with van der Waals surface area (Å²) in [5.74, 6) is -0.0690. The number of hydrogen-bond acceptors (Lipinski definition) is 4. The van der Waals surface area contributed by atoms with E-state index in [1.807, 2.05) is 30.3 Å². The highest BCUT2D eigenvalue weighted by molar-refractivity contribution is 7.89. The Bertz CT molecular complexity index is 1150. The third-order valence-electron chi connectivity index (χ3n) is 4.38. The van der Waals surface area contributed by atoms with E-state index in [9.17, 15) is 13.2 Å². The van der Waals surface area contributed by atoms with Crippen molar-refractivity contribution in [3.8, 4) is 5.75 Å². The van der Waals surface area contributed by atoms with Crippen LogP contribution in [-0.4, -0.2) is 32.3 Å². The molecule has 162 valence electrons. The van der Waals surface area contributed by atoms with Crippen molar-refractivity contribution in [3.63, 3.8) is 0 Å². The zero-order valence-electron chi connectivity index (χ0n) is 16.6. The first-order valence-corrected chi connectivity index (χ1v) is 11.4. The van der Waals surface area contributed by atoms with Crippen molar-refractivity contribution in [1.29, 1.82) is 0 Å². The van der Waals surface area contributed by atoms with Crippen LogP contribution in [0.2, 0.25) is 10.0 Å². The second kappa shape index (κ2) is 10.2. The Balaban J connectivity index is 1.59. The van der Waals surface area contributed by atoms with Crippen LogP contribution in [0.4, 0.5) is 5.69 Å². The molecule has 0 aliphatic rings. The number of nitrogens with one attached hydrogen (secondary N) is 1. The van der Waals surface area contributed by atoms with E-state index in [0.717, 1.165) is 5.56 Å². The van der Waals surface area contributed by atoms with Crippen LogP contribution in [-0.2, 0) is 21.4 Å². The van der Waals surface area contributed by atoms with Gasteiger partial charge >= 0.3 is 0 Å². The topological polar surface area (TPSA) is 75.7 Å². The summed E-state index contributed by atoms with van der Waals surface area (Å²) in [4.78, 5) is 12.2. The van der Waals surface area contributed by atoms with Crippen LogP contribution in [0, 0.1) is 0 Å². The van der Waals surface area contributed by atoms with E-state index < -0.39 is 15.9 Å². The van der Waals surface area contributed by atoms with Crippen molar-refractivity contribution in [2.45, 2.75) is 11.4 Å². The summed E-state index contributed by atoms with van der Waals surface area (Å²) in [5.41, 5.74) is 1.27. The standard InChI is InChI=1S/C22H20Cl2N2O4S/c1-26(14-16-6-3-2-4-7-16)31(28,29)18-12-10-17(11-13-18)30-15-21(27)25-20-9-5-8-19(23)22(20)24/h2-13H,14-15H2,1H3,(H,25,27). The van der Waals surface area contributed by atoms with Crippen molar-refractivity contribution in [1.82, 2.24) is 4.31 Å². The Morgan fingerprint density at radius 2 is 1.65 bits per heavy atom. The van der Waals surface area contributed by atoms with Gasteiger partial charge in [-0.15, -0.1) is 0 Å². The number of ether oxygens (including phenoxy) is 1. The molecular formula is C22H20Cl2N2O4S. The van der Waals surface area contributed by atoms with Gasteiger partial charge in [0.15, 0.2) is 6.61 Å². The summed E-state index contributed by atoms with van der Waals surface area (Å²) < 4.78 is 32.3. The molecule has 0 atom stereocenters. The fraction of sp³-hybridized carbons (Fsp3) is 0.136. The number of hydrogen-bond donors (Lipinski definition) is 1. The molecule has 3 aromatic carbocycles. The fourth-order valence-electron chi connectivity index (χ4n) is 2.75. The molecule has 0 unspecified atom stereocenters. The number of halogens is 2. The second-order valence-corrected chi connectivity index (χ2v) is 9.49. The molecule has 0 aliphatic heterocycles. The van der Waals surface area contributed by atoms with Gasteiger partial charge in [-0.2, -0.15) is 4.31 Å². The van der Waals surface area contributed by atoms with E-state index in [1.54, 1.807) is 18.2 Å². The van der Waals surface area contributed by atoms with E-state index in [2.05, 4.69) is 5.32 Å². The number of carbonyl (C=O) groups excluding carboxylic acids is 1. The zero-order valence-corrected chi connectivity index (χ0v) is 18.9.